The Bertz CT molecular complexity index is 1260. The van der Waals surface area contributed by atoms with E-state index in [1.165, 1.54) is 6.07 Å². The molecule has 1 saturated carbocycles. The van der Waals surface area contributed by atoms with Crippen molar-refractivity contribution < 1.29 is 13.9 Å². The lowest BCUT2D eigenvalue weighted by molar-refractivity contribution is 0.118. The summed E-state index contributed by atoms with van der Waals surface area (Å²) in [5.74, 6) is 0.117. The molecule has 5 rings (SSSR count). The number of anilines is 3. The first-order valence-corrected chi connectivity index (χ1v) is 13.3. The molecule has 2 N–H and O–H groups in total. The third-order valence-electron chi connectivity index (χ3n) is 6.24. The lowest BCUT2D eigenvalue weighted by Crippen LogP contribution is -2.23. The van der Waals surface area contributed by atoms with Crippen LogP contribution in [0, 0.1) is 19.7 Å². The van der Waals surface area contributed by atoms with Crippen molar-refractivity contribution in [2.75, 3.05) is 23.3 Å². The highest BCUT2D eigenvalue weighted by Crippen LogP contribution is 2.51. The molecule has 2 aliphatic rings. The Morgan fingerprint density at radius 2 is 1.86 bits per heavy atom. The van der Waals surface area contributed by atoms with E-state index in [-0.39, 0.29) is 16.1 Å². The molecular weight excluding hydrogens is 477 g/mol. The minimum atomic E-state index is -0.368. The molecule has 1 aliphatic heterocycles. The standard InChI is InChI=1S/C26H28FN3O3S.C2H6/c1-17-8-9-21(20(27)14-17)28-22-18(2)24(31)30-12-13-33-25(30)23(22)29-34-26(10-11-26)16-32-15-19-6-4-3-5-7-19;1-2/h3-9,14,28-29H,10-13,15-16H2,1-2H3;1-2H3. The molecular formula is C28H34FN3O3S. The highest BCUT2D eigenvalue weighted by atomic mass is 32.2. The van der Waals surface area contributed by atoms with E-state index in [0.29, 0.717) is 54.9 Å². The van der Waals surface area contributed by atoms with Gasteiger partial charge in [-0.3, -0.25) is 9.36 Å². The predicted molar refractivity (Wildman–Crippen MR) is 146 cm³/mol. The minimum absolute atomic E-state index is 0.0403. The zero-order valence-electron chi connectivity index (χ0n) is 21.3. The summed E-state index contributed by atoms with van der Waals surface area (Å²) in [4.78, 5) is 12.9. The van der Waals surface area contributed by atoms with Gasteiger partial charge < -0.3 is 19.5 Å². The van der Waals surface area contributed by atoms with E-state index in [4.69, 9.17) is 9.47 Å². The van der Waals surface area contributed by atoms with Crippen LogP contribution in [-0.2, 0) is 17.9 Å². The van der Waals surface area contributed by atoms with Gasteiger partial charge in [-0.05, 0) is 61.9 Å². The van der Waals surface area contributed by atoms with Gasteiger partial charge in [-0.1, -0.05) is 50.2 Å². The number of ether oxygens (including phenoxy) is 2. The Balaban J connectivity index is 0.00000148. The van der Waals surface area contributed by atoms with E-state index in [0.717, 1.165) is 24.0 Å². The summed E-state index contributed by atoms with van der Waals surface area (Å²) >= 11 is 1.59. The van der Waals surface area contributed by atoms with Crippen molar-refractivity contribution in [2.24, 2.45) is 0 Å². The van der Waals surface area contributed by atoms with Crippen molar-refractivity contribution >= 4 is 29.0 Å². The van der Waals surface area contributed by atoms with E-state index in [1.807, 2.05) is 45.0 Å². The number of nitrogens with one attached hydrogen (secondary N) is 2. The zero-order valence-corrected chi connectivity index (χ0v) is 22.1. The van der Waals surface area contributed by atoms with Crippen molar-refractivity contribution in [2.45, 2.75) is 58.4 Å². The van der Waals surface area contributed by atoms with Gasteiger partial charge in [-0.25, -0.2) is 4.39 Å². The van der Waals surface area contributed by atoms with Gasteiger partial charge in [-0.2, -0.15) is 0 Å². The Morgan fingerprint density at radius 1 is 1.11 bits per heavy atom. The number of pyridine rings is 1. The van der Waals surface area contributed by atoms with E-state index < -0.39 is 0 Å². The fourth-order valence-corrected chi connectivity index (χ4v) is 4.98. The largest absolute Gasteiger partial charge is 0.475 e. The molecule has 1 aromatic heterocycles. The highest BCUT2D eigenvalue weighted by Gasteiger charge is 2.45. The van der Waals surface area contributed by atoms with Crippen LogP contribution < -0.4 is 20.3 Å². The second-order valence-electron chi connectivity index (χ2n) is 8.96. The first-order chi connectivity index (χ1) is 17.5. The average Bonchev–Trinajstić information content (AvgIpc) is 3.48. The first kappa shape index (κ1) is 26.1. The molecule has 0 bridgehead atoms. The van der Waals surface area contributed by atoms with Gasteiger partial charge >= 0.3 is 0 Å². The van der Waals surface area contributed by atoms with Crippen molar-refractivity contribution in [1.29, 1.82) is 0 Å². The molecule has 0 unspecified atom stereocenters. The molecule has 0 amide bonds. The summed E-state index contributed by atoms with van der Waals surface area (Å²) in [5.41, 5.74) is 3.87. The van der Waals surface area contributed by atoms with E-state index in [2.05, 4.69) is 22.2 Å². The lowest BCUT2D eigenvalue weighted by atomic mass is 10.1. The van der Waals surface area contributed by atoms with Crippen molar-refractivity contribution in [3.63, 3.8) is 0 Å². The van der Waals surface area contributed by atoms with Crippen LogP contribution in [0.5, 0.6) is 5.88 Å². The van der Waals surface area contributed by atoms with Gasteiger partial charge in [-0.15, -0.1) is 0 Å². The smallest absolute Gasteiger partial charge is 0.258 e. The third kappa shape index (κ3) is 5.71. The van der Waals surface area contributed by atoms with Gasteiger partial charge in [0.2, 0.25) is 5.88 Å². The number of hydrogen-bond acceptors (Lipinski definition) is 6. The van der Waals surface area contributed by atoms with Crippen LogP contribution in [0.1, 0.15) is 43.4 Å². The summed E-state index contributed by atoms with van der Waals surface area (Å²) < 4.78 is 31.5. The molecule has 2 heterocycles. The molecule has 0 radical (unpaired) electrons. The number of benzene rings is 2. The van der Waals surface area contributed by atoms with Crippen molar-refractivity contribution in [3.05, 3.63) is 81.4 Å². The molecule has 0 atom stereocenters. The average molecular weight is 512 g/mol. The Kier molecular flexibility index (Phi) is 8.26. The van der Waals surface area contributed by atoms with Crippen LogP contribution >= 0.6 is 11.9 Å². The second-order valence-corrected chi connectivity index (χ2v) is 10.2. The van der Waals surface area contributed by atoms with Crippen LogP contribution in [0.25, 0.3) is 0 Å². The minimum Gasteiger partial charge on any atom is -0.475 e. The third-order valence-corrected chi connectivity index (χ3v) is 7.51. The van der Waals surface area contributed by atoms with Crippen LogP contribution in [0.2, 0.25) is 0 Å². The number of nitrogens with zero attached hydrogens (tertiary/aromatic N) is 1. The maximum atomic E-state index is 14.6. The number of halogens is 1. The van der Waals surface area contributed by atoms with Gasteiger partial charge in [0, 0.05) is 5.56 Å². The van der Waals surface area contributed by atoms with Crippen LogP contribution in [0.3, 0.4) is 0 Å². The topological polar surface area (TPSA) is 64.5 Å². The number of fused-ring (bicyclic) bond motifs is 1. The van der Waals surface area contributed by atoms with Gasteiger partial charge in [0.15, 0.2) is 0 Å². The number of hydrogen-bond donors (Lipinski definition) is 2. The summed E-state index contributed by atoms with van der Waals surface area (Å²) in [6, 6.07) is 15.1. The summed E-state index contributed by atoms with van der Waals surface area (Å²) in [6.45, 7) is 9.71. The maximum Gasteiger partial charge on any atom is 0.258 e. The van der Waals surface area contributed by atoms with Gasteiger partial charge in [0.25, 0.3) is 5.56 Å². The maximum absolute atomic E-state index is 14.6. The van der Waals surface area contributed by atoms with Crippen LogP contribution in [0.15, 0.2) is 53.3 Å². The summed E-state index contributed by atoms with van der Waals surface area (Å²) in [6.07, 6.45) is 2.06. The van der Waals surface area contributed by atoms with Crippen molar-refractivity contribution in [1.82, 2.24) is 4.57 Å². The van der Waals surface area contributed by atoms with E-state index >= 15 is 0 Å². The number of aryl methyl sites for hydroxylation is 1. The molecule has 6 nitrogen and oxygen atoms in total. The monoisotopic (exact) mass is 511 g/mol. The summed E-state index contributed by atoms with van der Waals surface area (Å²) in [5, 5.41) is 3.15. The molecule has 1 fully saturated rings. The summed E-state index contributed by atoms with van der Waals surface area (Å²) in [7, 11) is 0. The molecule has 36 heavy (non-hydrogen) atoms. The first-order valence-electron chi connectivity index (χ1n) is 12.4. The Labute approximate surface area is 216 Å². The molecule has 0 saturated heterocycles. The van der Waals surface area contributed by atoms with Crippen LogP contribution in [-0.4, -0.2) is 22.5 Å². The Hall–Kier alpha value is -2.97. The Morgan fingerprint density at radius 3 is 2.56 bits per heavy atom. The molecule has 8 heteroatoms. The SMILES string of the molecule is CC.Cc1ccc(Nc2c(NSC3(COCc4ccccc4)CC3)c3n(c(=O)c2C)CCO3)c(F)c1. The quantitative estimate of drug-likeness (QED) is 0.317. The normalized spacial score (nSPS) is 14.8. The van der Waals surface area contributed by atoms with Crippen LogP contribution in [0.4, 0.5) is 21.5 Å². The highest BCUT2D eigenvalue weighted by molar-refractivity contribution is 8.02. The lowest BCUT2D eigenvalue weighted by Gasteiger charge is -2.22. The molecule has 0 spiro atoms. The molecule has 2 aromatic carbocycles. The van der Waals surface area contributed by atoms with Gasteiger partial charge in [0.1, 0.15) is 18.1 Å². The molecule has 1 aliphatic carbocycles. The molecule has 3 aromatic rings. The fraction of sp³-hybridized carbons (Fsp3) is 0.393. The fourth-order valence-electron chi connectivity index (χ4n) is 4.03. The van der Waals surface area contributed by atoms with Crippen molar-refractivity contribution in [3.8, 4) is 5.88 Å². The number of aromatic nitrogens is 1. The van der Waals surface area contributed by atoms with E-state index in [1.54, 1.807) is 29.5 Å². The van der Waals surface area contributed by atoms with Gasteiger partial charge in [0.05, 0.1) is 35.9 Å². The number of rotatable bonds is 9. The van der Waals surface area contributed by atoms with E-state index in [9.17, 15) is 9.18 Å². The second kappa shape index (κ2) is 11.4. The zero-order chi connectivity index (χ0) is 25.7. The predicted octanol–water partition coefficient (Wildman–Crippen LogP) is 6.58. The molecule has 192 valence electrons.